The fourth-order valence-corrected chi connectivity index (χ4v) is 1.66. The van der Waals surface area contributed by atoms with Gasteiger partial charge in [-0.15, -0.1) is 0 Å². The van der Waals surface area contributed by atoms with Crippen LogP contribution in [0.15, 0.2) is 24.3 Å². The van der Waals surface area contributed by atoms with Crippen molar-refractivity contribution < 1.29 is 9.53 Å². The smallest absolute Gasteiger partial charge is 0.265 e. The summed E-state index contributed by atoms with van der Waals surface area (Å²) in [4.78, 5) is 11.2. The molecule has 0 aliphatic carbocycles. The second-order valence-electron chi connectivity index (χ2n) is 4.28. The van der Waals surface area contributed by atoms with Gasteiger partial charge in [0.2, 0.25) is 0 Å². The zero-order valence-electron chi connectivity index (χ0n) is 10.9. The van der Waals surface area contributed by atoms with Gasteiger partial charge in [0.05, 0.1) is 6.61 Å². The predicted octanol–water partition coefficient (Wildman–Crippen LogP) is 2.39. The van der Waals surface area contributed by atoms with Gasteiger partial charge < -0.3 is 4.74 Å². The van der Waals surface area contributed by atoms with Crippen molar-refractivity contribution in [1.82, 2.24) is 5.43 Å². The first-order valence-corrected chi connectivity index (χ1v) is 6.45. The van der Waals surface area contributed by atoms with Crippen LogP contribution in [0.2, 0.25) is 0 Å². The molecule has 1 aromatic rings. The number of rotatable bonds is 8. The van der Waals surface area contributed by atoms with Crippen molar-refractivity contribution in [2.24, 2.45) is 5.84 Å². The number of carbonyl (C=O) groups excluding carboxylic acids is 1. The van der Waals surface area contributed by atoms with Crippen LogP contribution >= 0.6 is 0 Å². The van der Waals surface area contributed by atoms with Gasteiger partial charge in [-0.05, 0) is 24.1 Å². The normalized spacial score (nSPS) is 10.3. The number of benzene rings is 1. The van der Waals surface area contributed by atoms with E-state index in [0.717, 1.165) is 18.6 Å². The Morgan fingerprint density at radius 2 is 1.94 bits per heavy atom. The lowest BCUT2D eigenvalue weighted by molar-refractivity contribution is 0.0953. The van der Waals surface area contributed by atoms with E-state index in [4.69, 9.17) is 10.6 Å². The average molecular weight is 250 g/mol. The Morgan fingerprint density at radius 1 is 1.22 bits per heavy atom. The monoisotopic (exact) mass is 250 g/mol. The number of amides is 1. The van der Waals surface area contributed by atoms with Crippen LogP contribution in [-0.4, -0.2) is 12.5 Å². The summed E-state index contributed by atoms with van der Waals surface area (Å²) in [5.41, 5.74) is 3.73. The first-order chi connectivity index (χ1) is 8.77. The van der Waals surface area contributed by atoms with Gasteiger partial charge in [-0.25, -0.2) is 5.84 Å². The molecular weight excluding hydrogens is 228 g/mol. The molecule has 1 aromatic carbocycles. The molecule has 0 saturated carbocycles. The zero-order chi connectivity index (χ0) is 13.2. The van der Waals surface area contributed by atoms with Gasteiger partial charge in [0.15, 0.2) is 0 Å². The zero-order valence-corrected chi connectivity index (χ0v) is 10.9. The Kier molecular flexibility index (Phi) is 7.06. The highest BCUT2D eigenvalue weighted by atomic mass is 16.5. The van der Waals surface area contributed by atoms with Gasteiger partial charge in [-0.1, -0.05) is 38.3 Å². The van der Waals surface area contributed by atoms with Crippen LogP contribution in [0.4, 0.5) is 0 Å². The number of nitrogens with one attached hydrogen (secondary N) is 1. The quantitative estimate of drug-likeness (QED) is 0.322. The highest BCUT2D eigenvalue weighted by Crippen LogP contribution is 2.06. The number of ether oxygens (including phenoxy) is 1. The molecule has 0 aromatic heterocycles. The van der Waals surface area contributed by atoms with E-state index in [-0.39, 0.29) is 5.91 Å². The summed E-state index contributed by atoms with van der Waals surface area (Å²) in [6, 6.07) is 7.27. The minimum Gasteiger partial charge on any atom is -0.377 e. The second-order valence-corrected chi connectivity index (χ2v) is 4.28. The van der Waals surface area contributed by atoms with Crippen LogP contribution < -0.4 is 11.3 Å². The van der Waals surface area contributed by atoms with Gasteiger partial charge >= 0.3 is 0 Å². The topological polar surface area (TPSA) is 64.3 Å². The minimum absolute atomic E-state index is 0.276. The van der Waals surface area contributed by atoms with E-state index in [2.05, 4.69) is 12.3 Å². The van der Waals surface area contributed by atoms with Gasteiger partial charge in [-0.3, -0.25) is 10.2 Å². The summed E-state index contributed by atoms with van der Waals surface area (Å²) in [6.45, 7) is 3.58. The number of hydrogen-bond acceptors (Lipinski definition) is 3. The van der Waals surface area contributed by atoms with Crippen LogP contribution in [0.5, 0.6) is 0 Å². The van der Waals surface area contributed by atoms with E-state index < -0.39 is 0 Å². The lowest BCUT2D eigenvalue weighted by Gasteiger charge is -2.05. The van der Waals surface area contributed by atoms with Crippen LogP contribution in [-0.2, 0) is 11.3 Å². The summed E-state index contributed by atoms with van der Waals surface area (Å²) in [5.74, 6) is 4.78. The van der Waals surface area contributed by atoms with E-state index in [1.807, 2.05) is 12.1 Å². The second kappa shape index (κ2) is 8.66. The third kappa shape index (κ3) is 5.29. The van der Waals surface area contributed by atoms with Crippen molar-refractivity contribution in [1.29, 1.82) is 0 Å². The fourth-order valence-electron chi connectivity index (χ4n) is 1.66. The average Bonchev–Trinajstić information content (AvgIpc) is 2.42. The van der Waals surface area contributed by atoms with E-state index in [9.17, 15) is 4.79 Å². The molecule has 0 heterocycles. The molecular formula is C14H22N2O2. The maximum Gasteiger partial charge on any atom is 0.265 e. The summed E-state index contributed by atoms with van der Waals surface area (Å²) < 4.78 is 5.57. The molecule has 0 radical (unpaired) electrons. The standard InChI is InChI=1S/C14H22N2O2/c1-2-3-4-5-10-18-11-12-6-8-13(9-7-12)14(17)16-15/h6-9H,2-5,10-11,15H2,1H3,(H,16,17). The SMILES string of the molecule is CCCCCCOCc1ccc(C(=O)NN)cc1. The number of unbranched alkanes of at least 4 members (excludes halogenated alkanes) is 3. The molecule has 4 heteroatoms. The first kappa shape index (κ1) is 14.7. The lowest BCUT2D eigenvalue weighted by Crippen LogP contribution is -2.29. The van der Waals surface area contributed by atoms with Crippen molar-refractivity contribution in [3.05, 3.63) is 35.4 Å². The Bertz CT molecular complexity index is 349. The van der Waals surface area contributed by atoms with E-state index in [1.54, 1.807) is 12.1 Å². The van der Waals surface area contributed by atoms with Crippen molar-refractivity contribution in [2.45, 2.75) is 39.2 Å². The highest BCUT2D eigenvalue weighted by molar-refractivity contribution is 5.93. The Hall–Kier alpha value is -1.39. The molecule has 0 aliphatic rings. The summed E-state index contributed by atoms with van der Waals surface area (Å²) in [7, 11) is 0. The van der Waals surface area contributed by atoms with E-state index in [1.165, 1.54) is 19.3 Å². The molecule has 0 spiro atoms. The Balaban J connectivity index is 2.25. The maximum atomic E-state index is 11.2. The molecule has 3 N–H and O–H groups in total. The molecule has 0 unspecified atom stereocenters. The lowest BCUT2D eigenvalue weighted by atomic mass is 10.1. The Morgan fingerprint density at radius 3 is 2.56 bits per heavy atom. The Labute approximate surface area is 108 Å². The van der Waals surface area contributed by atoms with Crippen LogP contribution in [0.3, 0.4) is 0 Å². The number of nitrogen functional groups attached to an aromatic ring is 1. The van der Waals surface area contributed by atoms with Crippen LogP contribution in [0.1, 0.15) is 48.5 Å². The van der Waals surface area contributed by atoms with Crippen LogP contribution in [0, 0.1) is 0 Å². The third-order valence-corrected chi connectivity index (χ3v) is 2.76. The van der Waals surface area contributed by atoms with Gasteiger partial charge in [-0.2, -0.15) is 0 Å². The molecule has 0 saturated heterocycles. The van der Waals surface area contributed by atoms with Crippen molar-refractivity contribution >= 4 is 5.91 Å². The van der Waals surface area contributed by atoms with Gasteiger partial charge in [0.25, 0.3) is 5.91 Å². The molecule has 1 amide bonds. The maximum absolute atomic E-state index is 11.2. The molecule has 4 nitrogen and oxygen atoms in total. The number of nitrogens with two attached hydrogens (primary N) is 1. The summed E-state index contributed by atoms with van der Waals surface area (Å²) >= 11 is 0. The molecule has 0 aliphatic heterocycles. The highest BCUT2D eigenvalue weighted by Gasteiger charge is 2.02. The largest absolute Gasteiger partial charge is 0.377 e. The number of carbonyl (C=O) groups is 1. The van der Waals surface area contributed by atoms with Gasteiger partial charge in [0.1, 0.15) is 0 Å². The van der Waals surface area contributed by atoms with Crippen molar-refractivity contribution in [3.63, 3.8) is 0 Å². The van der Waals surface area contributed by atoms with Crippen molar-refractivity contribution in [2.75, 3.05) is 6.61 Å². The van der Waals surface area contributed by atoms with Crippen molar-refractivity contribution in [3.8, 4) is 0 Å². The van der Waals surface area contributed by atoms with Crippen LogP contribution in [0.25, 0.3) is 0 Å². The molecule has 100 valence electrons. The number of hydrazine groups is 1. The minimum atomic E-state index is -0.276. The first-order valence-electron chi connectivity index (χ1n) is 6.45. The molecule has 1 rings (SSSR count). The molecule has 0 fully saturated rings. The van der Waals surface area contributed by atoms with E-state index >= 15 is 0 Å². The summed E-state index contributed by atoms with van der Waals surface area (Å²) in [5, 5.41) is 0. The third-order valence-electron chi connectivity index (χ3n) is 2.76. The predicted molar refractivity (Wildman–Crippen MR) is 71.9 cm³/mol. The van der Waals surface area contributed by atoms with Gasteiger partial charge in [0, 0.05) is 12.2 Å². The van der Waals surface area contributed by atoms with E-state index in [0.29, 0.717) is 12.2 Å². The fraction of sp³-hybridized carbons (Fsp3) is 0.500. The molecule has 0 bridgehead atoms. The summed E-state index contributed by atoms with van der Waals surface area (Å²) in [6.07, 6.45) is 4.85. The number of hydrogen-bond donors (Lipinski definition) is 2. The molecule has 18 heavy (non-hydrogen) atoms. The molecule has 0 atom stereocenters.